The SMILES string of the molecule is O=c1c2sc(-c3ccc(Cl)cc3)cc2cnn1-c1ccc(N2CC[C@@H](O)C2)cn1. The van der Waals surface area contributed by atoms with E-state index in [1.54, 1.807) is 18.5 Å². The molecule has 1 fully saturated rings. The number of nitrogens with zero attached hydrogens (tertiary/aromatic N) is 4. The standard InChI is InChI=1S/C21H17ClN4O2S/c22-15-3-1-13(2-4-15)18-9-14-10-24-26(21(28)20(14)29-18)19-6-5-16(11-23-19)25-8-7-17(27)12-25/h1-6,9-11,17,27H,7-8,12H2/t17-/m1/s1. The molecule has 0 unspecified atom stereocenters. The number of thiophene rings is 1. The molecule has 0 spiro atoms. The van der Waals surface area contributed by atoms with E-state index in [1.807, 2.05) is 36.4 Å². The number of benzene rings is 1. The van der Waals surface area contributed by atoms with E-state index in [9.17, 15) is 9.90 Å². The van der Waals surface area contributed by atoms with Crippen LogP contribution in [0.4, 0.5) is 5.69 Å². The number of aliphatic hydroxyl groups is 1. The molecule has 1 aromatic carbocycles. The van der Waals surface area contributed by atoms with E-state index in [4.69, 9.17) is 11.6 Å². The first kappa shape index (κ1) is 18.3. The van der Waals surface area contributed by atoms with Crippen LogP contribution in [0.5, 0.6) is 0 Å². The lowest BCUT2D eigenvalue weighted by atomic mass is 10.2. The number of pyridine rings is 1. The van der Waals surface area contributed by atoms with Crippen molar-refractivity contribution >= 4 is 38.7 Å². The second-order valence-electron chi connectivity index (χ2n) is 7.03. The van der Waals surface area contributed by atoms with Crippen molar-refractivity contribution in [3.63, 3.8) is 0 Å². The summed E-state index contributed by atoms with van der Waals surface area (Å²) in [5, 5.41) is 15.5. The number of halogens is 1. The third-order valence-electron chi connectivity index (χ3n) is 5.07. The fourth-order valence-electron chi connectivity index (χ4n) is 3.52. The fraction of sp³-hybridized carbons (Fsp3) is 0.190. The maximum atomic E-state index is 13.0. The highest BCUT2D eigenvalue weighted by atomic mass is 35.5. The summed E-state index contributed by atoms with van der Waals surface area (Å²) >= 11 is 7.40. The summed E-state index contributed by atoms with van der Waals surface area (Å²) in [6, 6.07) is 13.2. The highest BCUT2D eigenvalue weighted by Gasteiger charge is 2.20. The normalized spacial score (nSPS) is 16.6. The molecule has 0 saturated carbocycles. The highest BCUT2D eigenvalue weighted by Crippen LogP contribution is 2.32. The second kappa shape index (κ2) is 7.26. The van der Waals surface area contributed by atoms with Crippen molar-refractivity contribution in [2.45, 2.75) is 12.5 Å². The van der Waals surface area contributed by atoms with E-state index in [0.717, 1.165) is 34.5 Å². The molecule has 1 aliphatic rings. The molecule has 0 radical (unpaired) electrons. The number of fused-ring (bicyclic) bond motifs is 1. The number of hydrogen-bond donors (Lipinski definition) is 1. The third kappa shape index (κ3) is 3.42. The van der Waals surface area contributed by atoms with Gasteiger partial charge in [-0.1, -0.05) is 23.7 Å². The van der Waals surface area contributed by atoms with Gasteiger partial charge in [-0.05, 0) is 42.3 Å². The first-order valence-electron chi connectivity index (χ1n) is 9.26. The predicted molar refractivity (Wildman–Crippen MR) is 116 cm³/mol. The molecule has 1 atom stereocenters. The Balaban J connectivity index is 1.50. The van der Waals surface area contributed by atoms with E-state index in [2.05, 4.69) is 15.0 Å². The summed E-state index contributed by atoms with van der Waals surface area (Å²) in [7, 11) is 0. The summed E-state index contributed by atoms with van der Waals surface area (Å²) in [6.07, 6.45) is 3.88. The van der Waals surface area contributed by atoms with Crippen molar-refractivity contribution in [3.8, 4) is 16.3 Å². The molecule has 29 heavy (non-hydrogen) atoms. The summed E-state index contributed by atoms with van der Waals surface area (Å²) in [4.78, 5) is 20.5. The van der Waals surface area contributed by atoms with Crippen molar-refractivity contribution < 1.29 is 5.11 Å². The van der Waals surface area contributed by atoms with Crippen LogP contribution in [0.15, 0.2) is 59.7 Å². The van der Waals surface area contributed by atoms with Gasteiger partial charge in [0.2, 0.25) is 0 Å². The Labute approximate surface area is 175 Å². The monoisotopic (exact) mass is 424 g/mol. The molecular formula is C21H17ClN4O2S. The Morgan fingerprint density at radius 2 is 1.97 bits per heavy atom. The Kier molecular flexibility index (Phi) is 4.58. The lowest BCUT2D eigenvalue weighted by Gasteiger charge is -2.17. The molecule has 3 aromatic heterocycles. The largest absolute Gasteiger partial charge is 0.391 e. The van der Waals surface area contributed by atoms with Crippen molar-refractivity contribution in [2.24, 2.45) is 0 Å². The van der Waals surface area contributed by atoms with Gasteiger partial charge in [-0.15, -0.1) is 11.3 Å². The Bertz CT molecular complexity index is 1230. The summed E-state index contributed by atoms with van der Waals surface area (Å²) in [6.45, 7) is 1.41. The summed E-state index contributed by atoms with van der Waals surface area (Å²) in [5.74, 6) is 0.474. The minimum absolute atomic E-state index is 0.190. The van der Waals surface area contributed by atoms with Crippen molar-refractivity contribution in [1.29, 1.82) is 0 Å². The van der Waals surface area contributed by atoms with E-state index in [0.29, 0.717) is 22.1 Å². The number of aliphatic hydroxyl groups excluding tert-OH is 1. The smallest absolute Gasteiger partial charge is 0.290 e. The van der Waals surface area contributed by atoms with Crippen LogP contribution in [0.25, 0.3) is 26.3 Å². The van der Waals surface area contributed by atoms with Gasteiger partial charge in [-0.25, -0.2) is 4.98 Å². The van der Waals surface area contributed by atoms with Gasteiger partial charge in [-0.3, -0.25) is 4.79 Å². The Morgan fingerprint density at radius 3 is 2.66 bits per heavy atom. The first-order chi connectivity index (χ1) is 14.1. The van der Waals surface area contributed by atoms with Crippen molar-refractivity contribution in [2.75, 3.05) is 18.0 Å². The van der Waals surface area contributed by atoms with Gasteiger partial charge in [0, 0.05) is 28.4 Å². The second-order valence-corrected chi connectivity index (χ2v) is 8.52. The van der Waals surface area contributed by atoms with Crippen molar-refractivity contribution in [1.82, 2.24) is 14.8 Å². The number of anilines is 1. The van der Waals surface area contributed by atoms with Crippen LogP contribution in [0.2, 0.25) is 5.02 Å². The minimum Gasteiger partial charge on any atom is -0.391 e. The van der Waals surface area contributed by atoms with Gasteiger partial charge in [-0.2, -0.15) is 9.78 Å². The van der Waals surface area contributed by atoms with Gasteiger partial charge in [0.25, 0.3) is 5.56 Å². The molecule has 6 nitrogen and oxygen atoms in total. The van der Waals surface area contributed by atoms with E-state index >= 15 is 0 Å². The van der Waals surface area contributed by atoms with E-state index < -0.39 is 0 Å². The number of β-amino-alcohol motifs (C(OH)–C–C–N with tert-alkyl or cyclic N) is 1. The fourth-order valence-corrected chi connectivity index (χ4v) is 4.71. The molecule has 146 valence electrons. The number of hydrogen-bond acceptors (Lipinski definition) is 6. The third-order valence-corrected chi connectivity index (χ3v) is 6.51. The quantitative estimate of drug-likeness (QED) is 0.542. The maximum absolute atomic E-state index is 13.0. The molecule has 4 aromatic rings. The Morgan fingerprint density at radius 1 is 1.14 bits per heavy atom. The van der Waals surface area contributed by atoms with Crippen LogP contribution in [0.3, 0.4) is 0 Å². The van der Waals surface area contributed by atoms with E-state index in [-0.39, 0.29) is 11.7 Å². The average molecular weight is 425 g/mol. The molecule has 1 N–H and O–H groups in total. The van der Waals surface area contributed by atoms with Crippen LogP contribution >= 0.6 is 22.9 Å². The van der Waals surface area contributed by atoms with Gasteiger partial charge in [0.15, 0.2) is 5.82 Å². The van der Waals surface area contributed by atoms with Gasteiger partial charge >= 0.3 is 0 Å². The van der Waals surface area contributed by atoms with Crippen molar-refractivity contribution in [3.05, 3.63) is 70.2 Å². The van der Waals surface area contributed by atoms with Crippen LogP contribution in [-0.4, -0.2) is 39.1 Å². The van der Waals surface area contributed by atoms with Crippen LogP contribution < -0.4 is 10.5 Å². The topological polar surface area (TPSA) is 71.2 Å². The van der Waals surface area contributed by atoms with Gasteiger partial charge in [0.05, 0.1) is 24.2 Å². The molecule has 1 aliphatic heterocycles. The molecule has 1 saturated heterocycles. The molecule has 0 bridgehead atoms. The predicted octanol–water partition coefficient (Wildman–Crippen LogP) is 3.73. The zero-order chi connectivity index (χ0) is 20.0. The average Bonchev–Trinajstić information content (AvgIpc) is 3.36. The molecule has 8 heteroatoms. The lowest BCUT2D eigenvalue weighted by molar-refractivity contribution is 0.198. The number of rotatable bonds is 3. The number of aromatic nitrogens is 3. The summed E-state index contributed by atoms with van der Waals surface area (Å²) < 4.78 is 1.96. The van der Waals surface area contributed by atoms with Crippen LogP contribution in [-0.2, 0) is 0 Å². The molecule has 4 heterocycles. The molecular weight excluding hydrogens is 408 g/mol. The Hall–Kier alpha value is -2.74. The van der Waals surface area contributed by atoms with Crippen LogP contribution in [0.1, 0.15) is 6.42 Å². The lowest BCUT2D eigenvalue weighted by Crippen LogP contribution is -2.23. The molecule has 5 rings (SSSR count). The van der Waals surface area contributed by atoms with Gasteiger partial charge < -0.3 is 10.0 Å². The maximum Gasteiger partial charge on any atom is 0.290 e. The van der Waals surface area contributed by atoms with E-state index in [1.165, 1.54) is 16.0 Å². The van der Waals surface area contributed by atoms with Gasteiger partial charge in [0.1, 0.15) is 4.70 Å². The minimum atomic E-state index is -0.296. The zero-order valence-electron chi connectivity index (χ0n) is 15.3. The molecule has 0 aliphatic carbocycles. The molecule has 0 amide bonds. The highest BCUT2D eigenvalue weighted by molar-refractivity contribution is 7.22. The van der Waals surface area contributed by atoms with Crippen LogP contribution in [0, 0.1) is 0 Å². The zero-order valence-corrected chi connectivity index (χ0v) is 16.9. The first-order valence-corrected chi connectivity index (χ1v) is 10.5. The summed E-state index contributed by atoms with van der Waals surface area (Å²) in [5.41, 5.74) is 1.75.